The van der Waals surface area contributed by atoms with Gasteiger partial charge in [0.25, 0.3) is 0 Å². The fourth-order valence-corrected chi connectivity index (χ4v) is 2.90. The lowest BCUT2D eigenvalue weighted by atomic mass is 9.63. The van der Waals surface area contributed by atoms with Crippen molar-refractivity contribution < 1.29 is 37.7 Å². The molecule has 1 aromatic heterocycles. The largest absolute Gasteiger partial charge is 0.490 e. The molecule has 1 aliphatic heterocycles. The molecule has 1 aliphatic carbocycles. The number of aromatic carboxylic acids is 1. The molecule has 2 fully saturated rings. The lowest BCUT2D eigenvalue weighted by Gasteiger charge is -2.50. The van der Waals surface area contributed by atoms with Crippen molar-refractivity contribution in [2.75, 3.05) is 18.5 Å². The molecule has 1 unspecified atom stereocenters. The zero-order valence-electron chi connectivity index (χ0n) is 13.6. The molecule has 1 spiro atoms. The van der Waals surface area contributed by atoms with E-state index in [4.69, 9.17) is 19.7 Å². The molecule has 8 nitrogen and oxygen atoms in total. The number of hydrogen-bond donors (Lipinski definition) is 3. The van der Waals surface area contributed by atoms with Gasteiger partial charge in [0.1, 0.15) is 0 Å². The Morgan fingerprint density at radius 1 is 1.23 bits per heavy atom. The highest BCUT2D eigenvalue weighted by atomic mass is 19.4. The third-order valence-electron chi connectivity index (χ3n) is 4.47. The first-order chi connectivity index (χ1) is 12.1. The predicted molar refractivity (Wildman–Crippen MR) is 81.8 cm³/mol. The molecular weight excluding hydrogens is 359 g/mol. The zero-order valence-corrected chi connectivity index (χ0v) is 13.6. The minimum atomic E-state index is -5.08. The normalized spacial score (nSPS) is 21.1. The van der Waals surface area contributed by atoms with Crippen molar-refractivity contribution in [1.82, 2.24) is 9.97 Å². The summed E-state index contributed by atoms with van der Waals surface area (Å²) >= 11 is 0. The standard InChI is InChI=1S/C13H17N3O3.C2HF3O2/c17-11(18)9-6-14-12(15-7-9)16-10-2-5-19-8-13(10)3-1-4-13;3-2(4,5)1(6)7/h6-7,10H,1-5,8H2,(H,17,18)(H,14,15,16);(H,6,7). The number of carbonyl (C=O) groups is 2. The number of rotatable bonds is 3. The number of carboxylic acid groups (broad SMARTS) is 2. The molecule has 144 valence electrons. The molecule has 1 atom stereocenters. The van der Waals surface area contributed by atoms with Crippen LogP contribution in [0.1, 0.15) is 36.0 Å². The van der Waals surface area contributed by atoms with E-state index < -0.39 is 18.1 Å². The minimum absolute atomic E-state index is 0.107. The Morgan fingerprint density at radius 2 is 1.81 bits per heavy atom. The Hall–Kier alpha value is -2.43. The van der Waals surface area contributed by atoms with Gasteiger partial charge < -0.3 is 20.3 Å². The van der Waals surface area contributed by atoms with Gasteiger partial charge in [-0.05, 0) is 19.3 Å². The number of alkyl halides is 3. The summed E-state index contributed by atoms with van der Waals surface area (Å²) in [6.45, 7) is 1.56. The van der Waals surface area contributed by atoms with Crippen LogP contribution in [0.15, 0.2) is 12.4 Å². The van der Waals surface area contributed by atoms with E-state index >= 15 is 0 Å². The lowest BCUT2D eigenvalue weighted by Crippen LogP contribution is -2.52. The fourth-order valence-electron chi connectivity index (χ4n) is 2.90. The molecule has 0 amide bonds. The van der Waals surface area contributed by atoms with Gasteiger partial charge in [-0.3, -0.25) is 0 Å². The maximum atomic E-state index is 10.7. The first kappa shape index (κ1) is 19.9. The summed E-state index contributed by atoms with van der Waals surface area (Å²) in [5, 5.41) is 19.3. The van der Waals surface area contributed by atoms with Crippen molar-refractivity contribution in [2.45, 2.75) is 37.9 Å². The predicted octanol–water partition coefficient (Wildman–Crippen LogP) is 2.18. The van der Waals surface area contributed by atoms with Crippen molar-refractivity contribution in [3.8, 4) is 0 Å². The zero-order chi connectivity index (χ0) is 19.4. The monoisotopic (exact) mass is 377 g/mol. The Balaban J connectivity index is 0.000000298. The Bertz CT molecular complexity index is 647. The number of carboxylic acids is 2. The Kier molecular flexibility index (Phi) is 6.01. The van der Waals surface area contributed by atoms with Crippen LogP contribution in [0.5, 0.6) is 0 Å². The van der Waals surface area contributed by atoms with Crippen LogP contribution < -0.4 is 5.32 Å². The van der Waals surface area contributed by atoms with E-state index in [0.29, 0.717) is 12.0 Å². The molecular formula is C15H18F3N3O5. The van der Waals surface area contributed by atoms with E-state index in [1.165, 1.54) is 31.7 Å². The number of halogens is 3. The molecule has 1 saturated heterocycles. The molecule has 1 saturated carbocycles. The lowest BCUT2D eigenvalue weighted by molar-refractivity contribution is -0.192. The van der Waals surface area contributed by atoms with Crippen LogP contribution in [0.3, 0.4) is 0 Å². The molecule has 2 aliphatic rings. The topological polar surface area (TPSA) is 122 Å². The summed E-state index contributed by atoms with van der Waals surface area (Å²) < 4.78 is 37.3. The maximum absolute atomic E-state index is 10.7. The molecule has 1 aromatic rings. The summed E-state index contributed by atoms with van der Waals surface area (Å²) in [6, 6.07) is 0.325. The molecule has 3 rings (SSSR count). The van der Waals surface area contributed by atoms with Gasteiger partial charge in [-0.25, -0.2) is 19.6 Å². The van der Waals surface area contributed by atoms with Crippen molar-refractivity contribution in [3.63, 3.8) is 0 Å². The maximum Gasteiger partial charge on any atom is 0.490 e. The first-order valence-electron chi connectivity index (χ1n) is 7.84. The highest BCUT2D eigenvalue weighted by Gasteiger charge is 2.46. The number of anilines is 1. The highest BCUT2D eigenvalue weighted by molar-refractivity contribution is 5.86. The molecule has 2 heterocycles. The summed E-state index contributed by atoms with van der Waals surface area (Å²) in [6.07, 6.45) is 2.15. The molecule has 11 heteroatoms. The summed E-state index contributed by atoms with van der Waals surface area (Å²) in [7, 11) is 0. The van der Waals surface area contributed by atoms with Crippen LogP contribution in [0.25, 0.3) is 0 Å². The highest BCUT2D eigenvalue weighted by Crippen LogP contribution is 2.47. The number of aliphatic carboxylic acids is 1. The van der Waals surface area contributed by atoms with E-state index in [1.807, 2.05) is 0 Å². The van der Waals surface area contributed by atoms with Crippen LogP contribution >= 0.6 is 0 Å². The van der Waals surface area contributed by atoms with Crippen LogP contribution in [0.2, 0.25) is 0 Å². The van der Waals surface area contributed by atoms with E-state index in [1.54, 1.807) is 0 Å². The SMILES string of the molecule is O=C(O)C(F)(F)F.O=C(O)c1cnc(NC2CCOCC23CCC3)nc1. The summed E-state index contributed by atoms with van der Waals surface area (Å²) in [5.74, 6) is -3.26. The van der Waals surface area contributed by atoms with Crippen LogP contribution in [0.4, 0.5) is 19.1 Å². The van der Waals surface area contributed by atoms with Gasteiger partial charge in [0, 0.05) is 30.5 Å². The number of nitrogens with one attached hydrogen (secondary N) is 1. The number of ether oxygens (including phenoxy) is 1. The van der Waals surface area contributed by atoms with Gasteiger partial charge in [0.05, 0.1) is 12.2 Å². The van der Waals surface area contributed by atoms with Gasteiger partial charge in [0.2, 0.25) is 5.95 Å². The number of aromatic nitrogens is 2. The first-order valence-corrected chi connectivity index (χ1v) is 7.84. The molecule has 0 aromatic carbocycles. The second-order valence-electron chi connectivity index (χ2n) is 6.16. The van der Waals surface area contributed by atoms with E-state index in [-0.39, 0.29) is 11.0 Å². The van der Waals surface area contributed by atoms with Crippen molar-refractivity contribution in [1.29, 1.82) is 0 Å². The number of hydrogen-bond acceptors (Lipinski definition) is 6. The van der Waals surface area contributed by atoms with Crippen LogP contribution in [-0.4, -0.2) is 57.6 Å². The van der Waals surface area contributed by atoms with E-state index in [2.05, 4.69) is 15.3 Å². The Morgan fingerprint density at radius 3 is 2.23 bits per heavy atom. The second kappa shape index (κ2) is 7.85. The third kappa shape index (κ3) is 4.81. The summed E-state index contributed by atoms with van der Waals surface area (Å²) in [5.41, 5.74) is 0.337. The quantitative estimate of drug-likeness (QED) is 0.733. The fraction of sp³-hybridized carbons (Fsp3) is 0.600. The van der Waals surface area contributed by atoms with Crippen molar-refractivity contribution >= 4 is 17.9 Å². The smallest absolute Gasteiger partial charge is 0.478 e. The average molecular weight is 377 g/mol. The van der Waals surface area contributed by atoms with Crippen molar-refractivity contribution in [3.05, 3.63) is 18.0 Å². The van der Waals surface area contributed by atoms with E-state index in [9.17, 15) is 18.0 Å². The average Bonchev–Trinajstić information content (AvgIpc) is 2.54. The van der Waals surface area contributed by atoms with Crippen LogP contribution in [-0.2, 0) is 9.53 Å². The van der Waals surface area contributed by atoms with Crippen molar-refractivity contribution in [2.24, 2.45) is 5.41 Å². The van der Waals surface area contributed by atoms with Crippen LogP contribution in [0, 0.1) is 5.41 Å². The molecule has 0 radical (unpaired) electrons. The number of nitrogens with zero attached hydrogens (tertiary/aromatic N) is 2. The molecule has 3 N–H and O–H groups in total. The Labute approximate surface area is 146 Å². The third-order valence-corrected chi connectivity index (χ3v) is 4.47. The molecule has 0 bridgehead atoms. The van der Waals surface area contributed by atoms with Gasteiger partial charge in [0.15, 0.2) is 0 Å². The van der Waals surface area contributed by atoms with E-state index in [0.717, 1.165) is 19.6 Å². The molecule has 26 heavy (non-hydrogen) atoms. The van der Waals surface area contributed by atoms with Gasteiger partial charge in [-0.2, -0.15) is 13.2 Å². The minimum Gasteiger partial charge on any atom is -0.478 e. The van der Waals surface area contributed by atoms with Gasteiger partial charge >= 0.3 is 18.1 Å². The van der Waals surface area contributed by atoms with Gasteiger partial charge in [-0.1, -0.05) is 6.42 Å². The second-order valence-corrected chi connectivity index (χ2v) is 6.16. The van der Waals surface area contributed by atoms with Gasteiger partial charge in [-0.15, -0.1) is 0 Å². The summed E-state index contributed by atoms with van der Waals surface area (Å²) in [4.78, 5) is 27.8.